The van der Waals surface area contributed by atoms with Crippen LogP contribution in [0.2, 0.25) is 0 Å². The number of nitrogens with zero attached hydrogens (tertiary/aromatic N) is 1. The summed E-state index contributed by atoms with van der Waals surface area (Å²) in [6.45, 7) is 0. The Morgan fingerprint density at radius 3 is 1.72 bits per heavy atom. The molecule has 0 unspecified atom stereocenters. The van der Waals surface area contributed by atoms with Gasteiger partial charge in [-0.25, -0.2) is 0 Å². The zero-order valence-electron chi connectivity index (χ0n) is 33.4. The van der Waals surface area contributed by atoms with Crippen molar-refractivity contribution < 1.29 is 4.42 Å². The second-order valence-corrected chi connectivity index (χ2v) is 16.0. The van der Waals surface area contributed by atoms with E-state index < -0.39 is 5.41 Å². The first kappa shape index (κ1) is 35.0. The molecule has 2 heteroatoms. The van der Waals surface area contributed by atoms with Gasteiger partial charge in [-0.3, -0.25) is 0 Å². The average molecular weight is 778 g/mol. The van der Waals surface area contributed by atoms with Crippen LogP contribution in [-0.2, 0) is 5.41 Å². The third-order valence-electron chi connectivity index (χ3n) is 12.7. The molecule has 286 valence electrons. The number of anilines is 3. The van der Waals surface area contributed by atoms with Gasteiger partial charge in [-0.05, 0) is 97.9 Å². The van der Waals surface area contributed by atoms with Crippen LogP contribution < -0.4 is 4.90 Å². The maximum atomic E-state index is 6.67. The lowest BCUT2D eigenvalue weighted by molar-refractivity contribution is 0.673. The smallest absolute Gasteiger partial charge is 0.143 e. The molecule has 0 saturated heterocycles. The van der Waals surface area contributed by atoms with E-state index in [4.69, 9.17) is 4.42 Å². The SMILES string of the molecule is c1ccc(-c2cccc(N(c3cccc(-c4cccc5oc6c7ccccc7ccc6c45)c3)c3cccc4c3-c3ccccc3C4(c3ccccc3)c3ccccc3)c2)cc1. The highest BCUT2D eigenvalue weighted by Gasteiger charge is 2.47. The molecule has 1 aromatic heterocycles. The lowest BCUT2D eigenvalue weighted by Crippen LogP contribution is -2.28. The Morgan fingerprint density at radius 1 is 0.377 bits per heavy atom. The van der Waals surface area contributed by atoms with Crippen LogP contribution in [-0.4, -0.2) is 0 Å². The normalized spacial score (nSPS) is 12.7. The Bertz CT molecular complexity index is 3380. The van der Waals surface area contributed by atoms with Crippen molar-refractivity contribution in [3.8, 4) is 33.4 Å². The molecule has 10 aromatic carbocycles. The second-order valence-electron chi connectivity index (χ2n) is 16.0. The molecule has 0 radical (unpaired) electrons. The van der Waals surface area contributed by atoms with Crippen LogP contribution in [0.3, 0.4) is 0 Å². The first-order valence-electron chi connectivity index (χ1n) is 21.0. The minimum Gasteiger partial charge on any atom is -0.455 e. The van der Waals surface area contributed by atoms with Gasteiger partial charge in [0.05, 0.1) is 11.1 Å². The number of benzene rings is 10. The molecule has 0 atom stereocenters. The van der Waals surface area contributed by atoms with Crippen LogP contribution >= 0.6 is 0 Å². The Kier molecular flexibility index (Phi) is 8.11. The molecule has 1 heterocycles. The van der Waals surface area contributed by atoms with Crippen molar-refractivity contribution in [1.29, 1.82) is 0 Å². The zero-order chi connectivity index (χ0) is 40.3. The molecule has 0 saturated carbocycles. The molecule has 61 heavy (non-hydrogen) atoms. The molecule has 11 aromatic rings. The van der Waals surface area contributed by atoms with Crippen molar-refractivity contribution in [2.24, 2.45) is 0 Å². The molecule has 0 amide bonds. The second kappa shape index (κ2) is 14.1. The fourth-order valence-electron chi connectivity index (χ4n) is 10.1. The van der Waals surface area contributed by atoms with E-state index in [0.29, 0.717) is 0 Å². The number of furan rings is 1. The summed E-state index contributed by atoms with van der Waals surface area (Å²) in [6.07, 6.45) is 0. The minimum absolute atomic E-state index is 0.522. The summed E-state index contributed by atoms with van der Waals surface area (Å²) >= 11 is 0. The van der Waals surface area contributed by atoms with Gasteiger partial charge in [-0.1, -0.05) is 194 Å². The van der Waals surface area contributed by atoms with Gasteiger partial charge in [0.25, 0.3) is 0 Å². The summed E-state index contributed by atoms with van der Waals surface area (Å²) in [5.41, 5.74) is 16.7. The van der Waals surface area contributed by atoms with Crippen molar-refractivity contribution in [1.82, 2.24) is 0 Å². The Labute approximate surface area is 355 Å². The Balaban J connectivity index is 1.12. The predicted octanol–water partition coefficient (Wildman–Crippen LogP) is 15.9. The van der Waals surface area contributed by atoms with E-state index in [1.54, 1.807) is 0 Å². The predicted molar refractivity (Wildman–Crippen MR) is 254 cm³/mol. The Hall–Kier alpha value is -7.94. The highest BCUT2D eigenvalue weighted by atomic mass is 16.3. The first-order valence-corrected chi connectivity index (χ1v) is 21.0. The first-order chi connectivity index (χ1) is 30.3. The molecule has 0 aliphatic heterocycles. The van der Waals surface area contributed by atoms with Crippen molar-refractivity contribution in [3.05, 3.63) is 259 Å². The zero-order valence-corrected chi connectivity index (χ0v) is 33.4. The summed E-state index contributed by atoms with van der Waals surface area (Å²) in [7, 11) is 0. The molecular formula is C59H39NO. The van der Waals surface area contributed by atoms with Crippen molar-refractivity contribution in [2.45, 2.75) is 5.41 Å². The number of rotatable bonds is 7. The van der Waals surface area contributed by atoms with Gasteiger partial charge in [-0.2, -0.15) is 0 Å². The minimum atomic E-state index is -0.522. The van der Waals surface area contributed by atoms with Gasteiger partial charge in [0.2, 0.25) is 0 Å². The van der Waals surface area contributed by atoms with E-state index in [0.717, 1.165) is 61.1 Å². The third kappa shape index (κ3) is 5.43. The van der Waals surface area contributed by atoms with Crippen LogP contribution in [0.4, 0.5) is 17.1 Å². The van der Waals surface area contributed by atoms with Crippen molar-refractivity contribution in [2.75, 3.05) is 4.90 Å². The van der Waals surface area contributed by atoms with Gasteiger partial charge in [0.15, 0.2) is 0 Å². The quantitative estimate of drug-likeness (QED) is 0.160. The van der Waals surface area contributed by atoms with E-state index >= 15 is 0 Å². The standard InChI is InChI=1S/C59H39NO/c1-4-18-40(19-5-1)42-21-14-27-46(38-42)60(47-28-15-22-43(39-47)48-31-16-35-55-56(48)51-37-36-41-20-10-11-29-49(41)58(51)61-55)54-34-17-33-53-57(54)50-30-12-13-32-52(50)59(53,44-23-6-2-7-24-44)45-25-8-3-9-26-45/h1-39H. The lowest BCUT2D eigenvalue weighted by atomic mass is 9.68. The van der Waals surface area contributed by atoms with E-state index in [1.807, 2.05) is 0 Å². The molecular weight excluding hydrogens is 739 g/mol. The number of hydrogen-bond acceptors (Lipinski definition) is 2. The van der Waals surface area contributed by atoms with Crippen LogP contribution in [0, 0.1) is 0 Å². The van der Waals surface area contributed by atoms with Gasteiger partial charge in [0, 0.05) is 33.1 Å². The Morgan fingerprint density at radius 2 is 0.951 bits per heavy atom. The highest BCUT2D eigenvalue weighted by Crippen LogP contribution is 2.59. The summed E-state index contributed by atoms with van der Waals surface area (Å²) in [5, 5.41) is 4.55. The molecule has 1 aliphatic carbocycles. The molecule has 0 bridgehead atoms. The van der Waals surface area contributed by atoms with Gasteiger partial charge < -0.3 is 9.32 Å². The maximum absolute atomic E-state index is 6.67. The van der Waals surface area contributed by atoms with E-state index in [9.17, 15) is 0 Å². The van der Waals surface area contributed by atoms with Gasteiger partial charge in [0.1, 0.15) is 11.2 Å². The fraction of sp³-hybridized carbons (Fsp3) is 0.0169. The molecule has 0 spiro atoms. The summed E-state index contributed by atoms with van der Waals surface area (Å²) < 4.78 is 6.67. The third-order valence-corrected chi connectivity index (χ3v) is 12.7. The summed E-state index contributed by atoms with van der Waals surface area (Å²) in [4.78, 5) is 2.47. The largest absolute Gasteiger partial charge is 0.455 e. The molecule has 0 fully saturated rings. The van der Waals surface area contributed by atoms with E-state index in [1.165, 1.54) is 44.3 Å². The molecule has 1 aliphatic rings. The van der Waals surface area contributed by atoms with Crippen LogP contribution in [0.25, 0.3) is 66.1 Å². The summed E-state index contributed by atoms with van der Waals surface area (Å²) in [6, 6.07) is 86.0. The average Bonchev–Trinajstić information content (AvgIpc) is 3.88. The topological polar surface area (TPSA) is 16.4 Å². The molecule has 0 N–H and O–H groups in total. The van der Waals surface area contributed by atoms with Crippen molar-refractivity contribution in [3.63, 3.8) is 0 Å². The van der Waals surface area contributed by atoms with Gasteiger partial charge in [-0.15, -0.1) is 0 Å². The highest BCUT2D eigenvalue weighted by molar-refractivity contribution is 6.19. The maximum Gasteiger partial charge on any atom is 0.143 e. The lowest BCUT2D eigenvalue weighted by Gasteiger charge is -2.34. The van der Waals surface area contributed by atoms with E-state index in [2.05, 4.69) is 241 Å². The molecule has 12 rings (SSSR count). The molecule has 2 nitrogen and oxygen atoms in total. The van der Waals surface area contributed by atoms with Gasteiger partial charge >= 0.3 is 0 Å². The van der Waals surface area contributed by atoms with Crippen LogP contribution in [0.5, 0.6) is 0 Å². The van der Waals surface area contributed by atoms with Crippen LogP contribution in [0.1, 0.15) is 22.3 Å². The summed E-state index contributed by atoms with van der Waals surface area (Å²) in [5.74, 6) is 0. The van der Waals surface area contributed by atoms with E-state index in [-0.39, 0.29) is 0 Å². The monoisotopic (exact) mass is 777 g/mol. The van der Waals surface area contributed by atoms with Crippen molar-refractivity contribution >= 4 is 49.8 Å². The van der Waals surface area contributed by atoms with Crippen LogP contribution in [0.15, 0.2) is 241 Å². The fourth-order valence-corrected chi connectivity index (χ4v) is 10.1. The number of fused-ring (bicyclic) bond motifs is 8. The number of hydrogen-bond donors (Lipinski definition) is 0.